The number of halogens is 2. The molecule has 0 aromatic heterocycles. The molecule has 0 spiro atoms. The lowest BCUT2D eigenvalue weighted by molar-refractivity contribution is 0.173. The third-order valence-corrected chi connectivity index (χ3v) is 4.04. The molecule has 1 aliphatic rings. The second-order valence-corrected chi connectivity index (χ2v) is 5.40. The van der Waals surface area contributed by atoms with Gasteiger partial charge in [0.25, 0.3) is 0 Å². The lowest BCUT2D eigenvalue weighted by Crippen LogP contribution is -2.12. The van der Waals surface area contributed by atoms with Crippen LogP contribution in [0.3, 0.4) is 0 Å². The summed E-state index contributed by atoms with van der Waals surface area (Å²) in [5.74, 6) is 1.34. The Morgan fingerprint density at radius 1 is 1.14 bits per heavy atom. The molecular weight excluding hydrogens is 313 g/mol. The number of nitrogens with one attached hydrogen (secondary N) is 1. The lowest BCUT2D eigenvalue weighted by Gasteiger charge is -2.15. The summed E-state index contributed by atoms with van der Waals surface area (Å²) in [6, 6.07) is 10.7. The first-order valence-electron chi connectivity index (χ1n) is 6.40. The molecule has 6 heteroatoms. The van der Waals surface area contributed by atoms with Gasteiger partial charge in [-0.3, -0.25) is 0 Å². The third kappa shape index (κ3) is 3.02. The second-order valence-electron chi connectivity index (χ2n) is 4.61. The first-order valence-corrected chi connectivity index (χ1v) is 7.16. The van der Waals surface area contributed by atoms with Gasteiger partial charge >= 0.3 is 0 Å². The van der Waals surface area contributed by atoms with E-state index in [0.29, 0.717) is 33.8 Å². The number of hydrogen-bond acceptors (Lipinski definition) is 4. The molecule has 2 aromatic carbocycles. The Morgan fingerprint density at radius 3 is 2.81 bits per heavy atom. The van der Waals surface area contributed by atoms with Gasteiger partial charge in [-0.25, -0.2) is 0 Å². The fourth-order valence-electron chi connectivity index (χ4n) is 2.09. The van der Waals surface area contributed by atoms with Crippen LogP contribution in [0.25, 0.3) is 0 Å². The summed E-state index contributed by atoms with van der Waals surface area (Å²) in [4.78, 5) is 0. The van der Waals surface area contributed by atoms with E-state index < -0.39 is 6.10 Å². The van der Waals surface area contributed by atoms with Crippen LogP contribution in [0.1, 0.15) is 11.7 Å². The van der Waals surface area contributed by atoms with Crippen LogP contribution in [-0.4, -0.2) is 18.4 Å². The number of ether oxygens (including phenoxy) is 2. The van der Waals surface area contributed by atoms with Crippen molar-refractivity contribution in [1.29, 1.82) is 0 Å². The van der Waals surface area contributed by atoms with Gasteiger partial charge in [0.15, 0.2) is 11.5 Å². The van der Waals surface area contributed by atoms with Crippen molar-refractivity contribution < 1.29 is 14.6 Å². The summed E-state index contributed by atoms with van der Waals surface area (Å²) in [5.41, 5.74) is 1.42. The minimum absolute atomic E-state index is 0.214. The number of anilines is 1. The molecule has 0 bridgehead atoms. The van der Waals surface area contributed by atoms with Crippen LogP contribution in [-0.2, 0) is 0 Å². The van der Waals surface area contributed by atoms with E-state index in [1.807, 2.05) is 0 Å². The van der Waals surface area contributed by atoms with Crippen molar-refractivity contribution in [3.63, 3.8) is 0 Å². The first kappa shape index (κ1) is 14.3. The van der Waals surface area contributed by atoms with Crippen LogP contribution in [0, 0.1) is 0 Å². The highest BCUT2D eigenvalue weighted by atomic mass is 35.5. The molecule has 0 saturated carbocycles. The predicted molar refractivity (Wildman–Crippen MR) is 82.5 cm³/mol. The summed E-state index contributed by atoms with van der Waals surface area (Å²) in [6.07, 6.45) is -0.699. The van der Waals surface area contributed by atoms with Gasteiger partial charge in [0.05, 0.1) is 21.8 Å². The molecule has 0 saturated heterocycles. The average Bonchev–Trinajstić information content (AvgIpc) is 2.96. The Kier molecular flexibility index (Phi) is 4.10. The summed E-state index contributed by atoms with van der Waals surface area (Å²) in [6.45, 7) is 0.519. The highest BCUT2D eigenvalue weighted by molar-refractivity contribution is 6.43. The summed E-state index contributed by atoms with van der Waals surface area (Å²) in [5, 5.41) is 14.2. The number of fused-ring (bicyclic) bond motifs is 1. The normalized spacial score (nSPS) is 14.0. The Bertz CT molecular complexity index is 663. The van der Waals surface area contributed by atoms with E-state index >= 15 is 0 Å². The van der Waals surface area contributed by atoms with Gasteiger partial charge in [-0.15, -0.1) is 0 Å². The third-order valence-electron chi connectivity index (χ3n) is 3.22. The molecule has 21 heavy (non-hydrogen) atoms. The molecule has 1 unspecified atom stereocenters. The number of rotatable bonds is 4. The van der Waals surface area contributed by atoms with Crippen molar-refractivity contribution >= 4 is 28.9 Å². The molecule has 0 fully saturated rings. The summed E-state index contributed by atoms with van der Waals surface area (Å²) < 4.78 is 10.5. The Hall–Kier alpha value is -1.62. The minimum Gasteiger partial charge on any atom is -0.454 e. The van der Waals surface area contributed by atoms with E-state index in [0.717, 1.165) is 5.56 Å². The van der Waals surface area contributed by atoms with E-state index in [4.69, 9.17) is 32.7 Å². The van der Waals surface area contributed by atoms with Crippen LogP contribution < -0.4 is 14.8 Å². The molecule has 3 rings (SSSR count). The Balaban J connectivity index is 1.69. The van der Waals surface area contributed by atoms with Gasteiger partial charge < -0.3 is 19.9 Å². The maximum atomic E-state index is 10.2. The second kappa shape index (κ2) is 6.02. The SMILES string of the molecule is OC(CNc1cccc(Cl)c1Cl)c1ccc2c(c1)OCO2. The standard InChI is InChI=1S/C15H13Cl2NO3/c16-10-2-1-3-11(15(10)17)18-7-12(19)9-4-5-13-14(6-9)21-8-20-13/h1-6,12,18-19H,7-8H2. The molecule has 1 heterocycles. The van der Waals surface area contributed by atoms with Gasteiger partial charge in [0.2, 0.25) is 6.79 Å². The fraction of sp³-hybridized carbons (Fsp3) is 0.200. The van der Waals surface area contributed by atoms with Crippen LogP contribution in [0.2, 0.25) is 10.0 Å². The topological polar surface area (TPSA) is 50.7 Å². The molecular formula is C15H13Cl2NO3. The van der Waals surface area contributed by atoms with Gasteiger partial charge in [0, 0.05) is 6.54 Å². The quantitative estimate of drug-likeness (QED) is 0.896. The minimum atomic E-state index is -0.699. The van der Waals surface area contributed by atoms with Gasteiger partial charge in [-0.2, -0.15) is 0 Å². The molecule has 1 aliphatic heterocycles. The smallest absolute Gasteiger partial charge is 0.231 e. The summed E-state index contributed by atoms with van der Waals surface area (Å²) >= 11 is 12.0. The lowest BCUT2D eigenvalue weighted by atomic mass is 10.1. The van der Waals surface area contributed by atoms with E-state index in [9.17, 15) is 5.11 Å². The van der Waals surface area contributed by atoms with E-state index in [1.54, 1.807) is 36.4 Å². The maximum Gasteiger partial charge on any atom is 0.231 e. The monoisotopic (exact) mass is 325 g/mol. The fourth-order valence-corrected chi connectivity index (χ4v) is 2.45. The van der Waals surface area contributed by atoms with Crippen molar-refractivity contribution in [1.82, 2.24) is 0 Å². The zero-order chi connectivity index (χ0) is 14.8. The van der Waals surface area contributed by atoms with Crippen LogP contribution in [0.5, 0.6) is 11.5 Å². The molecule has 0 radical (unpaired) electrons. The van der Waals surface area contributed by atoms with Crippen LogP contribution in [0.4, 0.5) is 5.69 Å². The maximum absolute atomic E-state index is 10.2. The number of hydrogen-bond donors (Lipinski definition) is 2. The Morgan fingerprint density at radius 2 is 1.95 bits per heavy atom. The van der Waals surface area contributed by atoms with Gasteiger partial charge in [-0.05, 0) is 29.8 Å². The zero-order valence-corrected chi connectivity index (χ0v) is 12.5. The molecule has 0 aliphatic carbocycles. The first-order chi connectivity index (χ1) is 10.1. The van der Waals surface area contributed by atoms with Crippen molar-refractivity contribution in [2.24, 2.45) is 0 Å². The van der Waals surface area contributed by atoms with Gasteiger partial charge in [-0.1, -0.05) is 35.3 Å². The molecule has 0 amide bonds. The van der Waals surface area contributed by atoms with E-state index in [1.165, 1.54) is 0 Å². The van der Waals surface area contributed by atoms with Crippen molar-refractivity contribution in [3.8, 4) is 11.5 Å². The molecule has 2 N–H and O–H groups in total. The summed E-state index contributed by atoms with van der Waals surface area (Å²) in [7, 11) is 0. The van der Waals surface area contributed by atoms with Crippen LogP contribution >= 0.6 is 23.2 Å². The molecule has 1 atom stereocenters. The molecule has 110 valence electrons. The molecule has 2 aromatic rings. The van der Waals surface area contributed by atoms with Crippen molar-refractivity contribution in [2.45, 2.75) is 6.10 Å². The molecule has 4 nitrogen and oxygen atoms in total. The van der Waals surface area contributed by atoms with Gasteiger partial charge in [0.1, 0.15) is 0 Å². The van der Waals surface area contributed by atoms with Crippen molar-refractivity contribution in [3.05, 3.63) is 52.0 Å². The Labute approximate surface area is 132 Å². The van der Waals surface area contributed by atoms with Crippen LogP contribution in [0.15, 0.2) is 36.4 Å². The average molecular weight is 326 g/mol. The predicted octanol–water partition coefficient (Wildman–Crippen LogP) is 3.87. The number of aliphatic hydroxyl groups is 1. The number of benzene rings is 2. The largest absolute Gasteiger partial charge is 0.454 e. The number of aliphatic hydroxyl groups excluding tert-OH is 1. The van der Waals surface area contributed by atoms with E-state index in [2.05, 4.69) is 5.32 Å². The highest BCUT2D eigenvalue weighted by Crippen LogP contribution is 2.34. The zero-order valence-electron chi connectivity index (χ0n) is 11.0. The highest BCUT2D eigenvalue weighted by Gasteiger charge is 2.16. The van der Waals surface area contributed by atoms with E-state index in [-0.39, 0.29) is 6.79 Å². The van der Waals surface area contributed by atoms with Crippen molar-refractivity contribution in [2.75, 3.05) is 18.7 Å².